The molecule has 0 aliphatic carbocycles. The van der Waals surface area contributed by atoms with E-state index >= 15 is 0 Å². The SMILES string of the molecule is CC1N2CC3(C)CN1CC(c1ccccc1)(C2)[C@H]3O. The second kappa shape index (κ2) is 3.60. The quantitative estimate of drug-likeness (QED) is 0.822. The second-order valence-corrected chi connectivity index (χ2v) is 7.02. The smallest absolute Gasteiger partial charge is 0.0739 e. The molecule has 2 unspecified atom stereocenters. The highest BCUT2D eigenvalue weighted by Gasteiger charge is 2.63. The zero-order chi connectivity index (χ0) is 13.3. The molecule has 0 radical (unpaired) electrons. The van der Waals surface area contributed by atoms with Gasteiger partial charge in [-0.15, -0.1) is 0 Å². The molecule has 1 aromatic rings. The van der Waals surface area contributed by atoms with Gasteiger partial charge < -0.3 is 5.11 Å². The third-order valence-corrected chi connectivity index (χ3v) is 5.69. The van der Waals surface area contributed by atoms with E-state index in [2.05, 4.69) is 54.0 Å². The van der Waals surface area contributed by atoms with Gasteiger partial charge in [-0.25, -0.2) is 0 Å². The lowest BCUT2D eigenvalue weighted by Crippen LogP contribution is -2.81. The van der Waals surface area contributed by atoms with Crippen molar-refractivity contribution < 1.29 is 5.11 Å². The maximum Gasteiger partial charge on any atom is 0.0739 e. The van der Waals surface area contributed by atoms with Crippen LogP contribution in [0.2, 0.25) is 0 Å². The molecule has 4 aliphatic rings. The van der Waals surface area contributed by atoms with Gasteiger partial charge in [0, 0.05) is 37.0 Å². The molecule has 3 heteroatoms. The topological polar surface area (TPSA) is 26.7 Å². The fraction of sp³-hybridized carbons (Fsp3) is 0.625. The summed E-state index contributed by atoms with van der Waals surface area (Å²) in [6, 6.07) is 10.6. The summed E-state index contributed by atoms with van der Waals surface area (Å²) < 4.78 is 0. The lowest BCUT2D eigenvalue weighted by Gasteiger charge is -2.68. The van der Waals surface area contributed by atoms with Crippen molar-refractivity contribution >= 4 is 0 Å². The van der Waals surface area contributed by atoms with Gasteiger partial charge in [-0.05, 0) is 12.5 Å². The Labute approximate surface area is 114 Å². The molecular formula is C16H22N2O. The van der Waals surface area contributed by atoms with Crippen molar-refractivity contribution in [1.82, 2.24) is 9.80 Å². The van der Waals surface area contributed by atoms with E-state index in [1.807, 2.05) is 0 Å². The average molecular weight is 258 g/mol. The molecule has 0 amide bonds. The molecular weight excluding hydrogens is 236 g/mol. The Morgan fingerprint density at radius 2 is 1.63 bits per heavy atom. The monoisotopic (exact) mass is 258 g/mol. The molecule has 0 spiro atoms. The Balaban J connectivity index is 1.85. The molecule has 4 aliphatic heterocycles. The molecule has 3 nitrogen and oxygen atoms in total. The molecule has 0 saturated carbocycles. The van der Waals surface area contributed by atoms with Crippen LogP contribution in [0.15, 0.2) is 30.3 Å². The summed E-state index contributed by atoms with van der Waals surface area (Å²) >= 11 is 0. The number of benzene rings is 1. The zero-order valence-electron chi connectivity index (χ0n) is 11.7. The van der Waals surface area contributed by atoms with Crippen molar-refractivity contribution in [2.75, 3.05) is 26.2 Å². The van der Waals surface area contributed by atoms with Crippen molar-refractivity contribution in [3.05, 3.63) is 35.9 Å². The molecule has 1 aromatic carbocycles. The van der Waals surface area contributed by atoms with Crippen LogP contribution < -0.4 is 0 Å². The van der Waals surface area contributed by atoms with E-state index in [9.17, 15) is 5.11 Å². The van der Waals surface area contributed by atoms with E-state index in [1.54, 1.807) is 0 Å². The van der Waals surface area contributed by atoms with E-state index in [4.69, 9.17) is 0 Å². The summed E-state index contributed by atoms with van der Waals surface area (Å²) in [7, 11) is 0. The average Bonchev–Trinajstić information content (AvgIpc) is 2.40. The lowest BCUT2D eigenvalue weighted by molar-refractivity contribution is -0.225. The minimum absolute atomic E-state index is 0.0127. The molecule has 102 valence electrons. The first-order chi connectivity index (χ1) is 9.05. The van der Waals surface area contributed by atoms with E-state index in [1.165, 1.54) is 5.56 Å². The number of hydrogen-bond donors (Lipinski definition) is 1. The maximum atomic E-state index is 11.0. The van der Waals surface area contributed by atoms with Crippen LogP contribution in [0.5, 0.6) is 0 Å². The van der Waals surface area contributed by atoms with Crippen LogP contribution in [0.3, 0.4) is 0 Å². The maximum absolute atomic E-state index is 11.0. The van der Waals surface area contributed by atoms with Crippen LogP contribution in [-0.4, -0.2) is 53.4 Å². The van der Waals surface area contributed by atoms with Gasteiger partial charge in [-0.3, -0.25) is 9.80 Å². The van der Waals surface area contributed by atoms with Crippen LogP contribution in [0, 0.1) is 5.41 Å². The van der Waals surface area contributed by atoms with Crippen molar-refractivity contribution in [1.29, 1.82) is 0 Å². The summed E-state index contributed by atoms with van der Waals surface area (Å²) in [4.78, 5) is 5.10. The van der Waals surface area contributed by atoms with Crippen molar-refractivity contribution in [2.45, 2.75) is 31.5 Å². The van der Waals surface area contributed by atoms with Gasteiger partial charge >= 0.3 is 0 Å². The normalized spacial score (nSPS) is 51.5. The Morgan fingerprint density at radius 1 is 1.05 bits per heavy atom. The predicted octanol–water partition coefficient (Wildman–Crippen LogP) is 1.28. The summed E-state index contributed by atoms with van der Waals surface area (Å²) in [6.45, 7) is 8.59. The van der Waals surface area contributed by atoms with Gasteiger partial charge in [0.25, 0.3) is 0 Å². The summed E-state index contributed by atoms with van der Waals surface area (Å²) in [5, 5.41) is 11.0. The van der Waals surface area contributed by atoms with Gasteiger partial charge in [0.15, 0.2) is 0 Å². The summed E-state index contributed by atoms with van der Waals surface area (Å²) in [5.74, 6) is 0. The molecule has 4 heterocycles. The first kappa shape index (κ1) is 11.9. The number of aliphatic hydroxyl groups excluding tert-OH is 1. The first-order valence-electron chi connectivity index (χ1n) is 7.27. The molecule has 4 bridgehead atoms. The fourth-order valence-electron chi connectivity index (χ4n) is 4.75. The van der Waals surface area contributed by atoms with Crippen LogP contribution >= 0.6 is 0 Å². The first-order valence-corrected chi connectivity index (χ1v) is 7.27. The number of hydrogen-bond acceptors (Lipinski definition) is 3. The Morgan fingerprint density at radius 3 is 2.21 bits per heavy atom. The second-order valence-electron chi connectivity index (χ2n) is 7.02. The highest BCUT2D eigenvalue weighted by atomic mass is 16.3. The van der Waals surface area contributed by atoms with Crippen LogP contribution in [0.1, 0.15) is 19.4 Å². The number of rotatable bonds is 1. The van der Waals surface area contributed by atoms with E-state index < -0.39 is 0 Å². The van der Waals surface area contributed by atoms with E-state index in [0.717, 1.165) is 26.2 Å². The van der Waals surface area contributed by atoms with Gasteiger partial charge in [-0.1, -0.05) is 37.3 Å². The third kappa shape index (κ3) is 1.38. The highest BCUT2D eigenvalue weighted by molar-refractivity contribution is 5.34. The minimum Gasteiger partial charge on any atom is -0.391 e. The largest absolute Gasteiger partial charge is 0.391 e. The Bertz CT molecular complexity index is 485. The third-order valence-electron chi connectivity index (χ3n) is 5.69. The van der Waals surface area contributed by atoms with E-state index in [-0.39, 0.29) is 16.9 Å². The van der Waals surface area contributed by atoms with Crippen LogP contribution in [0.25, 0.3) is 0 Å². The van der Waals surface area contributed by atoms with Crippen LogP contribution in [0.4, 0.5) is 0 Å². The van der Waals surface area contributed by atoms with Crippen molar-refractivity contribution in [3.8, 4) is 0 Å². The van der Waals surface area contributed by atoms with Gasteiger partial charge in [0.1, 0.15) is 0 Å². The van der Waals surface area contributed by atoms with Gasteiger partial charge in [0.2, 0.25) is 0 Å². The molecule has 19 heavy (non-hydrogen) atoms. The predicted molar refractivity (Wildman–Crippen MR) is 74.8 cm³/mol. The zero-order valence-corrected chi connectivity index (χ0v) is 11.7. The van der Waals surface area contributed by atoms with E-state index in [0.29, 0.717) is 6.17 Å². The number of nitrogens with zero attached hydrogens (tertiary/aromatic N) is 2. The lowest BCUT2D eigenvalue weighted by atomic mass is 9.57. The standard InChI is InChI=1S/C16H22N2O/c1-12-17-8-15(2)9-18(12)11-16(10-17,14(15)19)13-6-4-3-5-7-13/h3-7,12,14,19H,8-11H2,1-2H3/t12?,14-,15?,16?/m0/s1. The number of aliphatic hydroxyl groups is 1. The van der Waals surface area contributed by atoms with Crippen molar-refractivity contribution in [2.24, 2.45) is 5.41 Å². The minimum atomic E-state index is -0.234. The Kier molecular flexibility index (Phi) is 2.25. The molecule has 0 aromatic heterocycles. The van der Waals surface area contributed by atoms with Gasteiger partial charge in [-0.2, -0.15) is 0 Å². The fourth-order valence-corrected chi connectivity index (χ4v) is 4.75. The highest BCUT2D eigenvalue weighted by Crippen LogP contribution is 2.51. The summed E-state index contributed by atoms with van der Waals surface area (Å²) in [6.07, 6.45) is 0.291. The molecule has 4 fully saturated rings. The van der Waals surface area contributed by atoms with Gasteiger partial charge in [0.05, 0.1) is 12.3 Å². The molecule has 4 saturated heterocycles. The molecule has 3 atom stereocenters. The van der Waals surface area contributed by atoms with Crippen LogP contribution in [-0.2, 0) is 5.41 Å². The summed E-state index contributed by atoms with van der Waals surface area (Å²) in [5.41, 5.74) is 1.22. The molecule has 1 N–H and O–H groups in total. The number of piperidine rings is 2. The Hall–Kier alpha value is -0.900. The molecule has 5 rings (SSSR count). The van der Waals surface area contributed by atoms with Crippen molar-refractivity contribution in [3.63, 3.8) is 0 Å².